The van der Waals surface area contributed by atoms with Gasteiger partial charge in [0, 0.05) is 6.08 Å². The van der Waals surface area contributed by atoms with E-state index in [9.17, 15) is 20.2 Å². The topological polar surface area (TPSA) is 95.5 Å². The van der Waals surface area contributed by atoms with Crippen molar-refractivity contribution in [1.29, 1.82) is 0 Å². The molecule has 0 aliphatic rings. The minimum atomic E-state index is -0.793. The fourth-order valence-electron chi connectivity index (χ4n) is 0.910. The maximum Gasteiger partial charge on any atom is 0.317 e. The number of methoxy groups -OCH3 is 1. The van der Waals surface area contributed by atoms with Gasteiger partial charge in [-0.15, -0.1) is 0 Å². The van der Waals surface area contributed by atoms with Crippen LogP contribution >= 0.6 is 0 Å². The van der Waals surface area contributed by atoms with Crippen LogP contribution in [0.2, 0.25) is 0 Å². The normalized spacial score (nSPS) is 12.8. The summed E-state index contributed by atoms with van der Waals surface area (Å²) >= 11 is 0. The molecule has 0 amide bonds. The number of nitrogens with zero attached hydrogens (tertiary/aromatic N) is 2. The second kappa shape index (κ2) is 5.53. The van der Waals surface area contributed by atoms with Crippen LogP contribution in [0.1, 0.15) is 6.92 Å². The fraction of sp³-hybridized carbons (Fsp3) is 0.250. The van der Waals surface area contributed by atoms with Gasteiger partial charge in [0.05, 0.1) is 17.0 Å². The lowest BCUT2D eigenvalue weighted by atomic mass is 10.2. The van der Waals surface area contributed by atoms with Crippen LogP contribution in [-0.2, 0) is 4.74 Å². The van der Waals surface area contributed by atoms with E-state index in [4.69, 9.17) is 0 Å². The maximum absolute atomic E-state index is 10.5. The number of ether oxygens (including phenoxy) is 1. The first kappa shape index (κ1) is 12.8. The quantitative estimate of drug-likeness (QED) is 0.299. The molecule has 0 atom stereocenters. The van der Waals surface area contributed by atoms with Crippen molar-refractivity contribution < 1.29 is 14.6 Å². The Balaban J connectivity index is 5.65. The Morgan fingerprint density at radius 2 is 1.87 bits per heavy atom. The molecule has 0 aromatic heterocycles. The molecule has 0 fully saturated rings. The van der Waals surface area contributed by atoms with Gasteiger partial charge in [-0.2, -0.15) is 0 Å². The molecule has 0 unspecified atom stereocenters. The summed E-state index contributed by atoms with van der Waals surface area (Å²) in [5.74, 6) is -0.414. The predicted octanol–water partition coefficient (Wildman–Crippen LogP) is 1.49. The predicted molar refractivity (Wildman–Crippen MR) is 52.0 cm³/mol. The molecule has 7 heteroatoms. The molecule has 0 saturated carbocycles. The highest BCUT2D eigenvalue weighted by Crippen LogP contribution is 2.17. The summed E-state index contributed by atoms with van der Waals surface area (Å²) in [6.07, 6.45) is 2.01. The zero-order chi connectivity index (χ0) is 12.0. The van der Waals surface area contributed by atoms with E-state index in [1.54, 1.807) is 0 Å². The van der Waals surface area contributed by atoms with Gasteiger partial charge in [-0.05, 0) is 13.0 Å². The van der Waals surface area contributed by atoms with Crippen molar-refractivity contribution in [2.24, 2.45) is 0 Å². The van der Waals surface area contributed by atoms with Gasteiger partial charge in [-0.1, -0.05) is 6.58 Å². The number of hydrogen-bond acceptors (Lipinski definition) is 5. The van der Waals surface area contributed by atoms with Crippen LogP contribution in [0.25, 0.3) is 0 Å². The summed E-state index contributed by atoms with van der Waals surface area (Å²) in [5, 5.41) is 21.1. The molecule has 0 spiro atoms. The summed E-state index contributed by atoms with van der Waals surface area (Å²) < 4.78 is 4.64. The van der Waals surface area contributed by atoms with Crippen LogP contribution in [0.5, 0.6) is 0 Å². The molecule has 0 saturated heterocycles. The molecule has 15 heavy (non-hydrogen) atoms. The summed E-state index contributed by atoms with van der Waals surface area (Å²) in [6, 6.07) is 0. The maximum atomic E-state index is 10.5. The van der Waals surface area contributed by atoms with Crippen molar-refractivity contribution >= 4 is 0 Å². The molecule has 0 aliphatic carbocycles. The zero-order valence-electron chi connectivity index (χ0n) is 8.30. The fourth-order valence-corrected chi connectivity index (χ4v) is 0.910. The molecule has 0 aromatic rings. The van der Waals surface area contributed by atoms with Crippen LogP contribution in [0.15, 0.2) is 35.9 Å². The van der Waals surface area contributed by atoms with E-state index in [1.165, 1.54) is 6.92 Å². The Kier molecular flexibility index (Phi) is 4.73. The first-order valence-electron chi connectivity index (χ1n) is 3.85. The molecule has 0 aliphatic heterocycles. The van der Waals surface area contributed by atoms with Crippen LogP contribution in [-0.4, -0.2) is 17.0 Å². The average Bonchev–Trinajstić information content (AvgIpc) is 2.16. The molecule has 0 heterocycles. The van der Waals surface area contributed by atoms with E-state index < -0.39 is 27.0 Å². The van der Waals surface area contributed by atoms with Crippen molar-refractivity contribution in [3.8, 4) is 0 Å². The molecule has 0 bridgehead atoms. The van der Waals surface area contributed by atoms with E-state index in [0.29, 0.717) is 0 Å². The highest BCUT2D eigenvalue weighted by molar-refractivity contribution is 5.26. The molecule has 0 N–H and O–H groups in total. The first-order valence-corrected chi connectivity index (χ1v) is 3.85. The Hall–Kier alpha value is -2.18. The van der Waals surface area contributed by atoms with Crippen LogP contribution < -0.4 is 0 Å². The third kappa shape index (κ3) is 2.90. The number of hydrogen-bond donors (Lipinski definition) is 0. The zero-order valence-corrected chi connectivity index (χ0v) is 8.30. The summed E-state index contributed by atoms with van der Waals surface area (Å²) in [6.45, 7) is 4.58. The van der Waals surface area contributed by atoms with Crippen molar-refractivity contribution in [3.05, 3.63) is 56.1 Å². The van der Waals surface area contributed by atoms with Crippen LogP contribution in [0.3, 0.4) is 0 Å². The first-order chi connectivity index (χ1) is 6.99. The minimum absolute atomic E-state index is 0.414. The third-order valence-corrected chi connectivity index (χ3v) is 1.53. The van der Waals surface area contributed by atoms with E-state index in [2.05, 4.69) is 11.3 Å². The molecule has 7 nitrogen and oxygen atoms in total. The van der Waals surface area contributed by atoms with Crippen LogP contribution in [0, 0.1) is 20.2 Å². The summed E-state index contributed by atoms with van der Waals surface area (Å²) in [4.78, 5) is 19.5. The lowest BCUT2D eigenvalue weighted by Gasteiger charge is -2.02. The second-order valence-electron chi connectivity index (χ2n) is 2.31. The molecule has 0 rings (SSSR count). The van der Waals surface area contributed by atoms with E-state index in [-0.39, 0.29) is 0 Å². The van der Waals surface area contributed by atoms with Crippen molar-refractivity contribution in [2.45, 2.75) is 6.92 Å². The molecule has 0 radical (unpaired) electrons. The molecular weight excluding hydrogens is 204 g/mol. The van der Waals surface area contributed by atoms with Gasteiger partial charge < -0.3 is 4.74 Å². The summed E-state index contributed by atoms with van der Waals surface area (Å²) in [7, 11) is 1.12. The van der Waals surface area contributed by atoms with Gasteiger partial charge in [-0.3, -0.25) is 20.2 Å². The number of rotatable bonds is 5. The highest BCUT2D eigenvalue weighted by atomic mass is 16.6. The Bertz CT molecular complexity index is 356. The molecule has 82 valence electrons. The van der Waals surface area contributed by atoms with E-state index in [0.717, 1.165) is 19.3 Å². The van der Waals surface area contributed by atoms with Crippen molar-refractivity contribution in [2.75, 3.05) is 7.11 Å². The Morgan fingerprint density at radius 1 is 1.33 bits per heavy atom. The average molecular weight is 214 g/mol. The standard InChI is InChI=1S/C8H10N2O5/c1-4-6(9(11)12)8(15-3)7(5-2)10(13)14/h4-5H,1H2,2-3H3/b7-5+,8-6-. The van der Waals surface area contributed by atoms with E-state index >= 15 is 0 Å². The monoisotopic (exact) mass is 214 g/mol. The second-order valence-corrected chi connectivity index (χ2v) is 2.31. The van der Waals surface area contributed by atoms with Gasteiger partial charge in [0.15, 0.2) is 0 Å². The molecular formula is C8H10N2O5. The third-order valence-electron chi connectivity index (χ3n) is 1.53. The van der Waals surface area contributed by atoms with Gasteiger partial charge in [0.2, 0.25) is 0 Å². The Morgan fingerprint density at radius 3 is 2.07 bits per heavy atom. The lowest BCUT2D eigenvalue weighted by Crippen LogP contribution is -2.10. The number of allylic oxidation sites excluding steroid dienone is 2. The minimum Gasteiger partial charge on any atom is -0.485 e. The van der Waals surface area contributed by atoms with Gasteiger partial charge in [0.1, 0.15) is 0 Å². The van der Waals surface area contributed by atoms with Gasteiger partial charge >= 0.3 is 11.4 Å². The van der Waals surface area contributed by atoms with Crippen LogP contribution in [0.4, 0.5) is 0 Å². The van der Waals surface area contributed by atoms with Gasteiger partial charge in [-0.25, -0.2) is 0 Å². The van der Waals surface area contributed by atoms with Crippen molar-refractivity contribution in [1.82, 2.24) is 0 Å². The smallest absolute Gasteiger partial charge is 0.317 e. The largest absolute Gasteiger partial charge is 0.485 e. The SMILES string of the molecule is C=C/C(=C(OC)\C(=C/C)[N+](=O)[O-])[N+](=O)[O-]. The summed E-state index contributed by atoms with van der Waals surface area (Å²) in [5.41, 5.74) is -1.01. The molecule has 0 aromatic carbocycles. The van der Waals surface area contributed by atoms with Crippen molar-refractivity contribution in [3.63, 3.8) is 0 Å². The van der Waals surface area contributed by atoms with E-state index in [1.807, 2.05) is 0 Å². The van der Waals surface area contributed by atoms with Gasteiger partial charge in [0.25, 0.3) is 5.76 Å². The Labute approximate surface area is 85.6 Å². The highest BCUT2D eigenvalue weighted by Gasteiger charge is 2.27. The number of nitro groups is 2. The lowest BCUT2D eigenvalue weighted by molar-refractivity contribution is -0.438.